The predicted molar refractivity (Wildman–Crippen MR) is 226 cm³/mol. The van der Waals surface area contributed by atoms with Gasteiger partial charge in [0.2, 0.25) is 0 Å². The minimum atomic E-state index is 0.324. The zero-order valence-electron chi connectivity index (χ0n) is 29.7. The Morgan fingerprint density at radius 2 is 0.857 bits per heavy atom. The first-order valence-electron chi connectivity index (χ1n) is 18.6. The highest BCUT2D eigenvalue weighted by molar-refractivity contribution is 6.29. The lowest BCUT2D eigenvalue weighted by molar-refractivity contribution is 0.677. The van der Waals surface area contributed by atoms with E-state index in [0.717, 1.165) is 98.7 Å². The molecule has 0 bridgehead atoms. The molecule has 6 nitrogen and oxygen atoms in total. The van der Waals surface area contributed by atoms with Crippen molar-refractivity contribution in [2.75, 3.05) is 0 Å². The molecule has 4 heterocycles. The van der Waals surface area contributed by atoms with Crippen molar-refractivity contribution in [2.45, 2.75) is 0 Å². The third kappa shape index (κ3) is 3.86. The third-order valence-electron chi connectivity index (χ3n) is 11.5. The Bertz CT molecular complexity index is 3680. The number of furan rings is 1. The SMILES string of the molecule is N#Cc1ccc(-n2c3ccccc3c3c4oc5c(ccc6c5c5ccccc5n6-c5ccccc5)c4ccc32)c(-n2c3ccccc3c3ccccc32)c1C#N. The van der Waals surface area contributed by atoms with Crippen LogP contribution in [0.2, 0.25) is 0 Å². The molecule has 258 valence electrons. The van der Waals surface area contributed by atoms with Crippen LogP contribution in [-0.2, 0) is 0 Å². The second kappa shape index (κ2) is 11.2. The Balaban J connectivity index is 1.22. The summed E-state index contributed by atoms with van der Waals surface area (Å²) in [5, 5.41) is 29.6. The summed E-state index contributed by atoms with van der Waals surface area (Å²) in [6, 6.07) is 61.1. The molecule has 0 aliphatic heterocycles. The largest absolute Gasteiger partial charge is 0.455 e. The van der Waals surface area contributed by atoms with E-state index < -0.39 is 0 Å². The van der Waals surface area contributed by atoms with Gasteiger partial charge in [-0.15, -0.1) is 0 Å². The van der Waals surface area contributed by atoms with Gasteiger partial charge in [-0.3, -0.25) is 0 Å². The Hall–Kier alpha value is -8.06. The number of fused-ring (bicyclic) bond motifs is 14. The average molecular weight is 714 g/mol. The van der Waals surface area contributed by atoms with Crippen molar-refractivity contribution in [1.29, 1.82) is 10.5 Å². The zero-order chi connectivity index (χ0) is 37.1. The van der Waals surface area contributed by atoms with E-state index in [1.807, 2.05) is 42.5 Å². The summed E-state index contributed by atoms with van der Waals surface area (Å²) in [5.74, 6) is 0. The van der Waals surface area contributed by atoms with Crippen LogP contribution in [0.5, 0.6) is 0 Å². The van der Waals surface area contributed by atoms with Gasteiger partial charge in [0, 0.05) is 38.0 Å². The zero-order valence-corrected chi connectivity index (χ0v) is 29.7. The van der Waals surface area contributed by atoms with Crippen LogP contribution in [0.25, 0.3) is 104 Å². The van der Waals surface area contributed by atoms with Gasteiger partial charge < -0.3 is 18.1 Å². The molecule has 0 unspecified atom stereocenters. The van der Waals surface area contributed by atoms with Gasteiger partial charge in [0.25, 0.3) is 0 Å². The van der Waals surface area contributed by atoms with Crippen molar-refractivity contribution >= 4 is 87.4 Å². The van der Waals surface area contributed by atoms with E-state index in [1.165, 1.54) is 0 Å². The Morgan fingerprint density at radius 1 is 0.375 bits per heavy atom. The van der Waals surface area contributed by atoms with Gasteiger partial charge in [0.15, 0.2) is 0 Å². The number of benzene rings is 8. The van der Waals surface area contributed by atoms with E-state index in [9.17, 15) is 10.5 Å². The Labute approximate surface area is 319 Å². The first kappa shape index (κ1) is 30.4. The molecule has 0 radical (unpaired) electrons. The average Bonchev–Trinajstić information content (AvgIpc) is 3.99. The number of para-hydroxylation sites is 5. The van der Waals surface area contributed by atoms with Crippen LogP contribution in [0.4, 0.5) is 0 Å². The smallest absolute Gasteiger partial charge is 0.145 e. The van der Waals surface area contributed by atoms with Crippen LogP contribution in [-0.4, -0.2) is 13.7 Å². The molecule has 6 heteroatoms. The Kier molecular flexibility index (Phi) is 6.10. The second-order valence-corrected chi connectivity index (χ2v) is 14.3. The highest BCUT2D eigenvalue weighted by Gasteiger charge is 2.26. The standard InChI is InChI=1S/C50H27N5O/c51-28-30-22-25-45(48(38(30)29-52)55-39-18-8-4-14-32(39)33-15-5-9-19-40(33)55)54-42-21-11-7-17-37(42)47-44(54)27-24-35-34-23-26-43-46(49(34)56-50(35)47)36-16-6-10-20-41(36)53(43)31-12-2-1-3-13-31/h1-27H. The summed E-state index contributed by atoms with van der Waals surface area (Å²) < 4.78 is 13.9. The van der Waals surface area contributed by atoms with Crippen LogP contribution >= 0.6 is 0 Å². The number of nitrogens with zero attached hydrogens (tertiary/aromatic N) is 5. The lowest BCUT2D eigenvalue weighted by Gasteiger charge is -2.18. The Morgan fingerprint density at radius 3 is 1.41 bits per heavy atom. The van der Waals surface area contributed by atoms with Gasteiger partial charge in [-0.05, 0) is 72.8 Å². The molecule has 8 aromatic carbocycles. The molecule has 0 N–H and O–H groups in total. The maximum absolute atomic E-state index is 10.8. The fourth-order valence-corrected chi connectivity index (χ4v) is 9.27. The molecule has 12 rings (SSSR count). The lowest BCUT2D eigenvalue weighted by atomic mass is 10.0. The van der Waals surface area contributed by atoms with Gasteiger partial charge in [-0.2, -0.15) is 10.5 Å². The number of hydrogen-bond donors (Lipinski definition) is 0. The molecule has 0 saturated heterocycles. The van der Waals surface area contributed by atoms with E-state index in [2.05, 4.69) is 141 Å². The number of aromatic nitrogens is 3. The first-order valence-corrected chi connectivity index (χ1v) is 18.6. The number of hydrogen-bond acceptors (Lipinski definition) is 3. The molecule has 0 fully saturated rings. The van der Waals surface area contributed by atoms with Gasteiger partial charge in [0.1, 0.15) is 23.3 Å². The summed E-state index contributed by atoms with van der Waals surface area (Å²) in [7, 11) is 0. The van der Waals surface area contributed by atoms with E-state index in [-0.39, 0.29) is 0 Å². The maximum Gasteiger partial charge on any atom is 0.145 e. The molecule has 0 amide bonds. The van der Waals surface area contributed by atoms with Crippen LogP contribution in [0.3, 0.4) is 0 Å². The first-order chi connectivity index (χ1) is 27.7. The topological polar surface area (TPSA) is 75.5 Å². The van der Waals surface area contributed by atoms with Gasteiger partial charge >= 0.3 is 0 Å². The number of nitriles is 2. The minimum Gasteiger partial charge on any atom is -0.455 e. The molecule has 0 atom stereocenters. The summed E-state index contributed by atoms with van der Waals surface area (Å²) in [5.41, 5.74) is 10.9. The molecule has 0 saturated carbocycles. The maximum atomic E-state index is 10.8. The quantitative estimate of drug-likeness (QED) is 0.183. The predicted octanol–water partition coefficient (Wildman–Crippen LogP) is 12.6. The highest BCUT2D eigenvalue weighted by atomic mass is 16.3. The van der Waals surface area contributed by atoms with E-state index in [0.29, 0.717) is 16.8 Å². The monoisotopic (exact) mass is 713 g/mol. The van der Waals surface area contributed by atoms with Crippen molar-refractivity contribution in [3.8, 4) is 29.2 Å². The molecule has 4 aromatic heterocycles. The van der Waals surface area contributed by atoms with Crippen LogP contribution in [0.15, 0.2) is 168 Å². The van der Waals surface area contributed by atoms with Crippen LogP contribution in [0.1, 0.15) is 11.1 Å². The van der Waals surface area contributed by atoms with Gasteiger partial charge in [0.05, 0.1) is 66.4 Å². The van der Waals surface area contributed by atoms with Crippen molar-refractivity contribution in [2.24, 2.45) is 0 Å². The fourth-order valence-electron chi connectivity index (χ4n) is 9.27. The molecular formula is C50H27N5O. The van der Waals surface area contributed by atoms with Gasteiger partial charge in [-0.25, -0.2) is 0 Å². The summed E-state index contributed by atoms with van der Waals surface area (Å²) >= 11 is 0. The normalized spacial score (nSPS) is 11.9. The molecule has 56 heavy (non-hydrogen) atoms. The van der Waals surface area contributed by atoms with E-state index in [1.54, 1.807) is 6.07 Å². The summed E-state index contributed by atoms with van der Waals surface area (Å²) in [6.07, 6.45) is 0. The molecule has 12 aromatic rings. The molecule has 0 spiro atoms. The highest BCUT2D eigenvalue weighted by Crippen LogP contribution is 2.46. The van der Waals surface area contributed by atoms with Crippen molar-refractivity contribution in [3.05, 3.63) is 175 Å². The lowest BCUT2D eigenvalue weighted by Crippen LogP contribution is -2.07. The van der Waals surface area contributed by atoms with Crippen molar-refractivity contribution < 1.29 is 4.42 Å². The molecular weight excluding hydrogens is 687 g/mol. The second-order valence-electron chi connectivity index (χ2n) is 14.3. The molecule has 0 aliphatic rings. The van der Waals surface area contributed by atoms with Crippen molar-refractivity contribution in [1.82, 2.24) is 13.7 Å². The van der Waals surface area contributed by atoms with Crippen molar-refractivity contribution in [3.63, 3.8) is 0 Å². The van der Waals surface area contributed by atoms with Crippen LogP contribution < -0.4 is 0 Å². The number of rotatable bonds is 3. The fraction of sp³-hybridized carbons (Fsp3) is 0. The van der Waals surface area contributed by atoms with Gasteiger partial charge in [-0.1, -0.05) is 91.0 Å². The van der Waals surface area contributed by atoms with E-state index >= 15 is 0 Å². The summed E-state index contributed by atoms with van der Waals surface area (Å²) in [6.45, 7) is 0. The molecule has 0 aliphatic carbocycles. The summed E-state index contributed by atoms with van der Waals surface area (Å²) in [4.78, 5) is 0. The van der Waals surface area contributed by atoms with E-state index in [4.69, 9.17) is 4.42 Å². The van der Waals surface area contributed by atoms with Crippen LogP contribution in [0, 0.1) is 22.7 Å². The third-order valence-corrected chi connectivity index (χ3v) is 11.5. The minimum absolute atomic E-state index is 0.324.